The van der Waals surface area contributed by atoms with Gasteiger partial charge in [0, 0.05) is 38.1 Å². The largest absolute Gasteiger partial charge is 0.417 e. The Morgan fingerprint density at radius 2 is 1.93 bits per heavy atom. The lowest BCUT2D eigenvalue weighted by Crippen LogP contribution is -2.39. The van der Waals surface area contributed by atoms with Gasteiger partial charge in [0.2, 0.25) is 0 Å². The summed E-state index contributed by atoms with van der Waals surface area (Å²) in [6.45, 7) is 11.7. The van der Waals surface area contributed by atoms with Crippen LogP contribution in [0.2, 0.25) is 19.1 Å². The summed E-state index contributed by atoms with van der Waals surface area (Å²) in [5.74, 6) is 1.79. The molecule has 0 aromatic carbocycles. The van der Waals surface area contributed by atoms with Gasteiger partial charge in [0.15, 0.2) is 14.6 Å². The van der Waals surface area contributed by atoms with Crippen molar-refractivity contribution in [3.05, 3.63) is 0 Å². The van der Waals surface area contributed by atoms with E-state index in [0.717, 1.165) is 45.3 Å². The average Bonchev–Trinajstić information content (AvgIpc) is 2.82. The summed E-state index contributed by atoms with van der Waals surface area (Å²) in [6.07, 6.45) is 6.73. The summed E-state index contributed by atoms with van der Waals surface area (Å²) in [6, 6.07) is 1.19. The van der Waals surface area contributed by atoms with E-state index in [1.54, 1.807) is 0 Å². The van der Waals surface area contributed by atoms with Gasteiger partial charge in [-0.05, 0) is 63.1 Å². The molecule has 1 N–H and O–H groups in total. The van der Waals surface area contributed by atoms with Gasteiger partial charge in [-0.2, -0.15) is 0 Å². The average molecular weight is 415 g/mol. The van der Waals surface area contributed by atoms with E-state index in [-0.39, 0.29) is 31.0 Å². The van der Waals surface area contributed by atoms with Crippen molar-refractivity contribution in [1.29, 1.82) is 0 Å². The van der Waals surface area contributed by atoms with Gasteiger partial charge >= 0.3 is 0 Å². The van der Waals surface area contributed by atoms with Crippen LogP contribution in [0.4, 0.5) is 0 Å². The maximum Gasteiger partial charge on any atom is 0.186 e. The minimum absolute atomic E-state index is 0.0605. The molecule has 3 fully saturated rings. The highest BCUT2D eigenvalue weighted by Gasteiger charge is 2.47. The summed E-state index contributed by atoms with van der Waals surface area (Å²) in [4.78, 5) is 0. The van der Waals surface area contributed by atoms with Crippen LogP contribution in [0.3, 0.4) is 0 Å². The van der Waals surface area contributed by atoms with Crippen molar-refractivity contribution in [3.63, 3.8) is 0 Å². The molecule has 0 bridgehead atoms. The third-order valence-corrected chi connectivity index (χ3v) is 9.46. The molecular formula is C22H42O5Si. The molecule has 3 rings (SSSR count). The van der Waals surface area contributed by atoms with E-state index < -0.39 is 8.32 Å². The lowest BCUT2D eigenvalue weighted by molar-refractivity contribution is -0.198. The third-order valence-electron chi connectivity index (χ3n) is 6.71. The van der Waals surface area contributed by atoms with Crippen LogP contribution in [0.1, 0.15) is 52.4 Å². The molecule has 1 unspecified atom stereocenters. The van der Waals surface area contributed by atoms with Crippen LogP contribution >= 0.6 is 0 Å². The fourth-order valence-corrected chi connectivity index (χ4v) is 8.13. The summed E-state index contributed by atoms with van der Waals surface area (Å²) in [5, 5.41) is 9.57. The van der Waals surface area contributed by atoms with E-state index in [4.69, 9.17) is 18.6 Å². The van der Waals surface area contributed by atoms with Crippen molar-refractivity contribution < 1.29 is 23.7 Å². The van der Waals surface area contributed by atoms with E-state index in [0.29, 0.717) is 24.4 Å². The lowest BCUT2D eigenvalue weighted by Gasteiger charge is -2.33. The molecule has 0 spiro atoms. The van der Waals surface area contributed by atoms with Crippen molar-refractivity contribution in [3.8, 4) is 0 Å². The molecule has 1 saturated carbocycles. The maximum absolute atomic E-state index is 9.57. The van der Waals surface area contributed by atoms with Crippen LogP contribution < -0.4 is 0 Å². The first-order valence-corrected chi connectivity index (χ1v) is 14.6. The molecule has 0 aromatic rings. The monoisotopic (exact) mass is 414 g/mol. The molecular weight excluding hydrogens is 372 g/mol. The Labute approximate surface area is 172 Å². The highest BCUT2D eigenvalue weighted by atomic mass is 28.4. The number of ether oxygens (including phenoxy) is 3. The Morgan fingerprint density at radius 3 is 2.61 bits per heavy atom. The summed E-state index contributed by atoms with van der Waals surface area (Å²) < 4.78 is 25.2. The molecule has 0 aromatic heterocycles. The van der Waals surface area contributed by atoms with Crippen molar-refractivity contribution in [2.75, 3.05) is 26.4 Å². The van der Waals surface area contributed by atoms with E-state index in [9.17, 15) is 5.11 Å². The van der Waals surface area contributed by atoms with Gasteiger partial charge in [0.1, 0.15) is 0 Å². The van der Waals surface area contributed by atoms with Gasteiger partial charge in [-0.3, -0.25) is 0 Å². The van der Waals surface area contributed by atoms with Crippen LogP contribution in [0.15, 0.2) is 0 Å². The predicted molar refractivity (Wildman–Crippen MR) is 113 cm³/mol. The molecule has 1 aliphatic carbocycles. The summed E-state index contributed by atoms with van der Waals surface area (Å²) >= 11 is 0. The van der Waals surface area contributed by atoms with Gasteiger partial charge in [0.05, 0.1) is 18.8 Å². The number of hydrogen-bond donors (Lipinski definition) is 1. The van der Waals surface area contributed by atoms with Crippen molar-refractivity contribution >= 4 is 8.32 Å². The second-order valence-electron chi connectivity index (χ2n) is 10.2. The van der Waals surface area contributed by atoms with Crippen molar-refractivity contribution in [2.45, 2.75) is 90.0 Å². The van der Waals surface area contributed by atoms with Crippen molar-refractivity contribution in [2.24, 2.45) is 23.7 Å². The standard InChI is InChI=1S/C22H42O5Si/c1-16(2)15-28(3,4)26-14-19-18-9-8-17(12-23)13-25-20(18)11-21(19)27-22-7-5-6-10-24-22/h16-23H,5-15H2,1-4H3/t17-,18-,19-,20+,21-,22?/m1/s1. The molecule has 3 aliphatic rings. The van der Waals surface area contributed by atoms with Crippen LogP contribution in [0.25, 0.3) is 0 Å². The Morgan fingerprint density at radius 1 is 1.11 bits per heavy atom. The first-order valence-electron chi connectivity index (χ1n) is 11.5. The van der Waals surface area contributed by atoms with Gasteiger partial charge < -0.3 is 23.7 Å². The molecule has 5 nitrogen and oxygen atoms in total. The summed E-state index contributed by atoms with van der Waals surface area (Å²) in [7, 11) is -1.67. The number of aliphatic hydroxyl groups is 1. The van der Waals surface area contributed by atoms with E-state index in [1.165, 1.54) is 12.5 Å². The Hall–Kier alpha value is 0.0169. The minimum atomic E-state index is -1.67. The SMILES string of the molecule is CC(C)C[Si](C)(C)OC[C@@H]1[C@H]2CC[C@H](CO)CO[C@H]2C[C@H]1OC1CCCCO1. The Balaban J connectivity index is 1.65. The fourth-order valence-electron chi connectivity index (χ4n) is 5.40. The zero-order chi connectivity index (χ0) is 20.1. The van der Waals surface area contributed by atoms with Gasteiger partial charge in [-0.25, -0.2) is 0 Å². The number of hydrogen-bond acceptors (Lipinski definition) is 5. The van der Waals surface area contributed by atoms with E-state index in [2.05, 4.69) is 26.9 Å². The molecule has 6 atom stereocenters. The third kappa shape index (κ3) is 6.26. The zero-order valence-corrected chi connectivity index (χ0v) is 19.4. The minimum Gasteiger partial charge on any atom is -0.417 e. The lowest BCUT2D eigenvalue weighted by atomic mass is 9.88. The zero-order valence-electron chi connectivity index (χ0n) is 18.4. The van der Waals surface area contributed by atoms with Crippen LogP contribution in [-0.4, -0.2) is 58.3 Å². The molecule has 2 aliphatic heterocycles. The van der Waals surface area contributed by atoms with Gasteiger partial charge in [-0.15, -0.1) is 0 Å². The van der Waals surface area contributed by atoms with Crippen LogP contribution in [0.5, 0.6) is 0 Å². The molecule has 2 heterocycles. The number of aliphatic hydroxyl groups excluding tert-OH is 1. The quantitative estimate of drug-likeness (QED) is 0.603. The first-order chi connectivity index (χ1) is 13.4. The van der Waals surface area contributed by atoms with Gasteiger partial charge in [0.25, 0.3) is 0 Å². The normalized spacial score (nSPS) is 37.1. The molecule has 164 valence electrons. The second-order valence-corrected chi connectivity index (χ2v) is 14.4. The van der Waals surface area contributed by atoms with Crippen molar-refractivity contribution in [1.82, 2.24) is 0 Å². The fraction of sp³-hybridized carbons (Fsp3) is 1.00. The molecule has 0 amide bonds. The van der Waals surface area contributed by atoms with E-state index >= 15 is 0 Å². The molecule has 2 saturated heterocycles. The predicted octanol–water partition coefficient (Wildman–Crippen LogP) is 4.20. The van der Waals surface area contributed by atoms with Crippen LogP contribution in [0, 0.1) is 23.7 Å². The molecule has 28 heavy (non-hydrogen) atoms. The van der Waals surface area contributed by atoms with E-state index in [1.807, 2.05) is 0 Å². The second kappa shape index (κ2) is 10.4. The smallest absolute Gasteiger partial charge is 0.186 e. The van der Waals surface area contributed by atoms with Crippen LogP contribution in [-0.2, 0) is 18.6 Å². The summed E-state index contributed by atoms with van der Waals surface area (Å²) in [5.41, 5.74) is 0. The topological polar surface area (TPSA) is 57.2 Å². The first kappa shape index (κ1) is 22.7. The highest BCUT2D eigenvalue weighted by molar-refractivity contribution is 6.71. The van der Waals surface area contributed by atoms with Gasteiger partial charge in [-0.1, -0.05) is 13.8 Å². The molecule has 6 heteroatoms. The maximum atomic E-state index is 9.57. The Kier molecular flexibility index (Phi) is 8.40. The number of rotatable bonds is 8. The Bertz CT molecular complexity index is 466. The molecule has 0 radical (unpaired) electrons. The number of fused-ring (bicyclic) bond motifs is 1. The highest BCUT2D eigenvalue weighted by Crippen LogP contribution is 2.43.